The summed E-state index contributed by atoms with van der Waals surface area (Å²) in [6, 6.07) is 22.8. The van der Waals surface area contributed by atoms with Crippen LogP contribution < -0.4 is 19.7 Å². The summed E-state index contributed by atoms with van der Waals surface area (Å²) in [7, 11) is -4.07. The quantitative estimate of drug-likeness (QED) is 0.391. The molecule has 9 nitrogen and oxygen atoms in total. The molecule has 11 heteroatoms. The van der Waals surface area contributed by atoms with Gasteiger partial charge in [0, 0.05) is 23.0 Å². The third-order valence-corrected chi connectivity index (χ3v) is 6.89. The van der Waals surface area contributed by atoms with Crippen LogP contribution in [0.25, 0.3) is 0 Å². The molecule has 0 spiro atoms. The van der Waals surface area contributed by atoms with Gasteiger partial charge in [-0.05, 0) is 60.2 Å². The van der Waals surface area contributed by atoms with E-state index in [-0.39, 0.29) is 17.1 Å². The number of carbonyl (C=O) groups is 1. The average Bonchev–Trinajstić information content (AvgIpc) is 3.22. The Bertz CT molecular complexity index is 1520. The minimum absolute atomic E-state index is 0.130. The number of rotatable bonds is 6. The number of amides is 2. The van der Waals surface area contributed by atoms with Crippen LogP contribution in [-0.4, -0.2) is 31.2 Å². The van der Waals surface area contributed by atoms with Crippen molar-refractivity contribution in [2.24, 2.45) is 5.14 Å². The Labute approximate surface area is 212 Å². The van der Waals surface area contributed by atoms with E-state index in [1.165, 1.54) is 11.0 Å². The van der Waals surface area contributed by atoms with Crippen LogP contribution in [-0.2, 0) is 10.0 Å². The summed E-state index contributed by atoms with van der Waals surface area (Å²) >= 11 is 6.08. The van der Waals surface area contributed by atoms with Crippen molar-refractivity contribution in [2.45, 2.75) is 10.9 Å². The number of para-hydroxylation sites is 1. The highest BCUT2D eigenvalue weighted by Crippen LogP contribution is 2.39. The molecule has 1 aliphatic rings. The predicted molar refractivity (Wildman–Crippen MR) is 136 cm³/mol. The zero-order valence-electron chi connectivity index (χ0n) is 18.7. The van der Waals surface area contributed by atoms with Crippen LogP contribution in [0.3, 0.4) is 0 Å². The van der Waals surface area contributed by atoms with Crippen molar-refractivity contribution in [1.82, 2.24) is 10.2 Å². The largest absolute Gasteiger partial charge is 0.438 e. The van der Waals surface area contributed by atoms with Crippen LogP contribution in [0.1, 0.15) is 11.6 Å². The zero-order chi connectivity index (χ0) is 25.3. The SMILES string of the molecule is NS(=O)(=O)c1ccccc1N1CC(c2cccc(Oc3cccnn3)c2)N(c2ccc(Cl)cc2)C1=O. The number of nitrogens with zero attached hydrogens (tertiary/aromatic N) is 4. The Morgan fingerprint density at radius 1 is 0.972 bits per heavy atom. The van der Waals surface area contributed by atoms with Crippen molar-refractivity contribution in [3.05, 3.63) is 102 Å². The molecule has 0 radical (unpaired) electrons. The minimum atomic E-state index is -4.07. The second-order valence-electron chi connectivity index (χ2n) is 8.00. The number of nitrogens with two attached hydrogens (primary N) is 1. The highest BCUT2D eigenvalue weighted by molar-refractivity contribution is 7.89. The molecule has 182 valence electrons. The van der Waals surface area contributed by atoms with Crippen molar-refractivity contribution in [1.29, 1.82) is 0 Å². The second-order valence-corrected chi connectivity index (χ2v) is 9.97. The molecule has 2 amide bonds. The van der Waals surface area contributed by atoms with Crippen molar-refractivity contribution >= 4 is 39.0 Å². The highest BCUT2D eigenvalue weighted by Gasteiger charge is 2.41. The van der Waals surface area contributed by atoms with Crippen LogP contribution in [0.5, 0.6) is 11.6 Å². The molecule has 4 aromatic rings. The van der Waals surface area contributed by atoms with Crippen LogP contribution in [0.15, 0.2) is 96.0 Å². The Kier molecular flexibility index (Phi) is 6.31. The average molecular weight is 522 g/mol. The Morgan fingerprint density at radius 3 is 2.47 bits per heavy atom. The van der Waals surface area contributed by atoms with Gasteiger partial charge in [0.1, 0.15) is 10.6 Å². The van der Waals surface area contributed by atoms with E-state index >= 15 is 0 Å². The van der Waals surface area contributed by atoms with Crippen LogP contribution in [0.4, 0.5) is 16.2 Å². The van der Waals surface area contributed by atoms with E-state index in [0.717, 1.165) is 5.56 Å². The molecule has 0 bridgehead atoms. The second kappa shape index (κ2) is 9.57. The number of carbonyl (C=O) groups excluding carboxylic acids is 1. The van der Waals surface area contributed by atoms with Gasteiger partial charge in [-0.3, -0.25) is 9.80 Å². The maximum Gasteiger partial charge on any atom is 0.329 e. The van der Waals surface area contributed by atoms with Gasteiger partial charge in [-0.25, -0.2) is 18.4 Å². The van der Waals surface area contributed by atoms with Crippen molar-refractivity contribution in [2.75, 3.05) is 16.3 Å². The van der Waals surface area contributed by atoms with Gasteiger partial charge in [-0.15, -0.1) is 5.10 Å². The number of benzene rings is 3. The van der Waals surface area contributed by atoms with Gasteiger partial charge in [-0.1, -0.05) is 35.9 Å². The van der Waals surface area contributed by atoms with E-state index in [4.69, 9.17) is 21.5 Å². The lowest BCUT2D eigenvalue weighted by atomic mass is 10.1. The first-order chi connectivity index (χ1) is 17.3. The molecule has 1 saturated heterocycles. The Morgan fingerprint density at radius 2 is 1.75 bits per heavy atom. The summed E-state index contributed by atoms with van der Waals surface area (Å²) in [5.41, 5.74) is 1.58. The number of urea groups is 1. The van der Waals surface area contributed by atoms with Gasteiger partial charge in [0.15, 0.2) is 0 Å². The number of primary sulfonamides is 1. The first-order valence-corrected chi connectivity index (χ1v) is 12.8. The highest BCUT2D eigenvalue weighted by atomic mass is 35.5. The summed E-state index contributed by atoms with van der Waals surface area (Å²) in [5, 5.41) is 13.7. The fourth-order valence-electron chi connectivity index (χ4n) is 4.11. The number of hydrogen-bond acceptors (Lipinski definition) is 6. The lowest BCUT2D eigenvalue weighted by Crippen LogP contribution is -2.33. The van der Waals surface area contributed by atoms with E-state index < -0.39 is 22.1 Å². The van der Waals surface area contributed by atoms with Gasteiger partial charge in [0.2, 0.25) is 15.9 Å². The van der Waals surface area contributed by atoms with E-state index in [1.54, 1.807) is 71.8 Å². The summed E-state index contributed by atoms with van der Waals surface area (Å²) in [4.78, 5) is 16.6. The minimum Gasteiger partial charge on any atom is -0.438 e. The Hall–Kier alpha value is -3.99. The van der Waals surface area contributed by atoms with Gasteiger partial charge >= 0.3 is 6.03 Å². The molecule has 0 saturated carbocycles. The molecule has 0 aliphatic carbocycles. The molecular formula is C25H20ClN5O4S. The fourth-order valence-corrected chi connectivity index (χ4v) is 4.98. The standard InChI is InChI=1S/C25H20ClN5O4S/c26-18-10-12-19(13-11-18)31-22(17-5-3-6-20(15-17)35-24-9-4-14-28-29-24)16-30(25(31)32)21-7-1-2-8-23(21)36(27,33)34/h1-15,22H,16H2,(H2,27,33,34). The molecule has 2 N–H and O–H groups in total. The van der Waals surface area contributed by atoms with Gasteiger partial charge < -0.3 is 4.74 Å². The third kappa shape index (κ3) is 4.74. The molecule has 1 aromatic heterocycles. The van der Waals surface area contributed by atoms with Crippen LogP contribution in [0, 0.1) is 0 Å². The summed E-state index contributed by atoms with van der Waals surface area (Å²) in [6.45, 7) is 0.169. The molecule has 3 aromatic carbocycles. The topological polar surface area (TPSA) is 119 Å². The zero-order valence-corrected chi connectivity index (χ0v) is 20.3. The Balaban J connectivity index is 1.57. The molecule has 1 unspecified atom stereocenters. The first kappa shape index (κ1) is 23.7. The normalized spacial score (nSPS) is 15.8. The lowest BCUT2D eigenvalue weighted by Gasteiger charge is -2.24. The molecular weight excluding hydrogens is 502 g/mol. The van der Waals surface area contributed by atoms with Gasteiger partial charge in [0.05, 0.1) is 18.3 Å². The van der Waals surface area contributed by atoms with Crippen LogP contribution >= 0.6 is 11.6 Å². The lowest BCUT2D eigenvalue weighted by molar-refractivity contribution is 0.255. The van der Waals surface area contributed by atoms with E-state index in [9.17, 15) is 13.2 Å². The van der Waals surface area contributed by atoms with Crippen LogP contribution in [0.2, 0.25) is 5.02 Å². The molecule has 5 rings (SSSR count). The summed E-state index contributed by atoms with van der Waals surface area (Å²) < 4.78 is 30.4. The fraction of sp³-hybridized carbons (Fsp3) is 0.0800. The third-order valence-electron chi connectivity index (χ3n) is 5.68. The number of ether oxygens (including phenoxy) is 1. The molecule has 1 fully saturated rings. The number of anilines is 2. The molecule has 1 aliphatic heterocycles. The van der Waals surface area contributed by atoms with Crippen molar-refractivity contribution in [3.63, 3.8) is 0 Å². The predicted octanol–water partition coefficient (Wildman–Crippen LogP) is 4.76. The monoisotopic (exact) mass is 521 g/mol. The molecule has 36 heavy (non-hydrogen) atoms. The summed E-state index contributed by atoms with van der Waals surface area (Å²) in [5.74, 6) is 0.843. The van der Waals surface area contributed by atoms with Gasteiger partial charge in [0.25, 0.3) is 0 Å². The molecule has 2 heterocycles. The number of aromatic nitrogens is 2. The maximum absolute atomic E-state index is 13.8. The summed E-state index contributed by atoms with van der Waals surface area (Å²) in [6.07, 6.45) is 1.55. The van der Waals surface area contributed by atoms with Gasteiger partial charge in [-0.2, -0.15) is 5.10 Å². The molecule has 1 atom stereocenters. The maximum atomic E-state index is 13.8. The van der Waals surface area contributed by atoms with E-state index in [0.29, 0.717) is 22.3 Å². The smallest absolute Gasteiger partial charge is 0.329 e. The van der Waals surface area contributed by atoms with Crippen molar-refractivity contribution in [3.8, 4) is 11.6 Å². The van der Waals surface area contributed by atoms with E-state index in [2.05, 4.69) is 10.2 Å². The number of hydrogen-bond donors (Lipinski definition) is 1. The van der Waals surface area contributed by atoms with E-state index in [1.807, 2.05) is 18.2 Å². The van der Waals surface area contributed by atoms with Crippen molar-refractivity contribution < 1.29 is 17.9 Å². The number of sulfonamides is 1. The number of halogens is 1. The first-order valence-electron chi connectivity index (χ1n) is 10.8.